The molecule has 0 bridgehead atoms. The second-order valence-electron chi connectivity index (χ2n) is 2.85. The van der Waals surface area contributed by atoms with Gasteiger partial charge in [-0.15, -0.1) is 0 Å². The summed E-state index contributed by atoms with van der Waals surface area (Å²) in [5, 5.41) is 9.58. The van der Waals surface area contributed by atoms with Gasteiger partial charge in [0.05, 0.1) is 4.47 Å². The van der Waals surface area contributed by atoms with Crippen LogP contribution in [0.25, 0.3) is 0 Å². The van der Waals surface area contributed by atoms with Gasteiger partial charge in [0.15, 0.2) is 0 Å². The Morgan fingerprint density at radius 2 is 2.17 bits per heavy atom. The standard InChI is InChI=1S/C10H13BrO/c1-2-3-5-8-6-4-7-9(11)10(8)12/h4,6-7,12H,2-3,5H2,1H3. The van der Waals surface area contributed by atoms with Crippen LogP contribution in [0.15, 0.2) is 22.7 Å². The van der Waals surface area contributed by atoms with E-state index >= 15 is 0 Å². The minimum absolute atomic E-state index is 0.394. The predicted molar refractivity (Wildman–Crippen MR) is 54.4 cm³/mol. The number of halogens is 1. The Kier molecular flexibility index (Phi) is 3.60. The maximum Gasteiger partial charge on any atom is 0.132 e. The number of para-hydroxylation sites is 1. The van der Waals surface area contributed by atoms with E-state index in [2.05, 4.69) is 22.9 Å². The monoisotopic (exact) mass is 228 g/mol. The van der Waals surface area contributed by atoms with Gasteiger partial charge < -0.3 is 5.11 Å². The highest BCUT2D eigenvalue weighted by molar-refractivity contribution is 9.10. The van der Waals surface area contributed by atoms with Gasteiger partial charge in [-0.2, -0.15) is 0 Å². The quantitative estimate of drug-likeness (QED) is 0.840. The molecule has 0 radical (unpaired) electrons. The van der Waals surface area contributed by atoms with Crippen molar-refractivity contribution in [3.05, 3.63) is 28.2 Å². The fourth-order valence-corrected chi connectivity index (χ4v) is 1.54. The lowest BCUT2D eigenvalue weighted by molar-refractivity contribution is 0.463. The summed E-state index contributed by atoms with van der Waals surface area (Å²) in [5.41, 5.74) is 1.03. The van der Waals surface area contributed by atoms with Gasteiger partial charge >= 0.3 is 0 Å². The number of rotatable bonds is 3. The maximum absolute atomic E-state index is 9.58. The molecule has 0 heterocycles. The van der Waals surface area contributed by atoms with E-state index in [-0.39, 0.29) is 0 Å². The van der Waals surface area contributed by atoms with E-state index in [1.54, 1.807) is 0 Å². The highest BCUT2D eigenvalue weighted by atomic mass is 79.9. The molecule has 1 N–H and O–H groups in total. The first-order valence-corrected chi connectivity index (χ1v) is 5.01. The molecular formula is C10H13BrO. The minimum atomic E-state index is 0.394. The topological polar surface area (TPSA) is 20.2 Å². The van der Waals surface area contributed by atoms with Crippen LogP contribution >= 0.6 is 15.9 Å². The molecule has 0 atom stereocenters. The van der Waals surface area contributed by atoms with E-state index in [4.69, 9.17) is 0 Å². The molecule has 0 aromatic heterocycles. The summed E-state index contributed by atoms with van der Waals surface area (Å²) in [4.78, 5) is 0. The third-order valence-electron chi connectivity index (χ3n) is 1.87. The molecule has 0 spiro atoms. The third-order valence-corrected chi connectivity index (χ3v) is 2.51. The first kappa shape index (κ1) is 9.59. The van der Waals surface area contributed by atoms with Crippen molar-refractivity contribution >= 4 is 15.9 Å². The normalized spacial score (nSPS) is 10.2. The molecular weight excluding hydrogens is 216 g/mol. The molecule has 0 aliphatic heterocycles. The number of hydrogen-bond donors (Lipinski definition) is 1. The molecule has 0 saturated carbocycles. The highest BCUT2D eigenvalue weighted by Crippen LogP contribution is 2.28. The molecule has 66 valence electrons. The van der Waals surface area contributed by atoms with Gasteiger partial charge in [-0.25, -0.2) is 0 Å². The van der Waals surface area contributed by atoms with Crippen LogP contribution in [0, 0.1) is 0 Å². The van der Waals surface area contributed by atoms with Crippen molar-refractivity contribution in [1.29, 1.82) is 0 Å². The van der Waals surface area contributed by atoms with Gasteiger partial charge in [0.25, 0.3) is 0 Å². The summed E-state index contributed by atoms with van der Waals surface area (Å²) in [7, 11) is 0. The fraction of sp³-hybridized carbons (Fsp3) is 0.400. The Hall–Kier alpha value is -0.500. The third kappa shape index (κ3) is 2.24. The summed E-state index contributed by atoms with van der Waals surface area (Å²) < 4.78 is 0.788. The van der Waals surface area contributed by atoms with Gasteiger partial charge in [0.1, 0.15) is 5.75 Å². The number of aromatic hydroxyl groups is 1. The van der Waals surface area contributed by atoms with Crippen molar-refractivity contribution in [3.8, 4) is 5.75 Å². The van der Waals surface area contributed by atoms with E-state index in [0.29, 0.717) is 5.75 Å². The Morgan fingerprint density at radius 3 is 2.83 bits per heavy atom. The molecule has 1 nitrogen and oxygen atoms in total. The second-order valence-corrected chi connectivity index (χ2v) is 3.71. The summed E-state index contributed by atoms with van der Waals surface area (Å²) >= 11 is 3.29. The van der Waals surface area contributed by atoms with Gasteiger partial charge in [0.2, 0.25) is 0 Å². The average Bonchev–Trinajstić information content (AvgIpc) is 2.08. The zero-order valence-electron chi connectivity index (χ0n) is 7.18. The summed E-state index contributed by atoms with van der Waals surface area (Å²) in [6, 6.07) is 5.77. The van der Waals surface area contributed by atoms with Crippen LogP contribution in [0.1, 0.15) is 25.3 Å². The largest absolute Gasteiger partial charge is 0.506 e. The summed E-state index contributed by atoms with van der Waals surface area (Å²) in [6.45, 7) is 2.15. The fourth-order valence-electron chi connectivity index (χ4n) is 1.13. The van der Waals surface area contributed by atoms with Crippen LogP contribution < -0.4 is 0 Å². The molecule has 1 rings (SSSR count). The molecule has 0 unspecified atom stereocenters. The van der Waals surface area contributed by atoms with Gasteiger partial charge in [-0.1, -0.05) is 25.5 Å². The number of hydrogen-bond acceptors (Lipinski definition) is 1. The molecule has 0 amide bonds. The van der Waals surface area contributed by atoms with E-state index in [0.717, 1.165) is 29.3 Å². The minimum Gasteiger partial charge on any atom is -0.506 e. The van der Waals surface area contributed by atoms with Crippen LogP contribution in [-0.2, 0) is 6.42 Å². The van der Waals surface area contributed by atoms with E-state index < -0.39 is 0 Å². The Bertz CT molecular complexity index is 258. The van der Waals surface area contributed by atoms with E-state index in [9.17, 15) is 5.11 Å². The van der Waals surface area contributed by atoms with Crippen LogP contribution in [0.4, 0.5) is 0 Å². The Labute approximate surface area is 81.6 Å². The Balaban J connectivity index is 2.78. The summed E-state index contributed by atoms with van der Waals surface area (Å²) in [5.74, 6) is 0.394. The SMILES string of the molecule is CCCCc1cccc(Br)c1O. The van der Waals surface area contributed by atoms with Crippen molar-refractivity contribution in [3.63, 3.8) is 0 Å². The number of phenolic OH excluding ortho intramolecular Hbond substituents is 1. The maximum atomic E-state index is 9.58. The van der Waals surface area contributed by atoms with Gasteiger partial charge in [-0.05, 0) is 40.4 Å². The zero-order chi connectivity index (χ0) is 8.97. The van der Waals surface area contributed by atoms with Crippen molar-refractivity contribution < 1.29 is 5.11 Å². The lowest BCUT2D eigenvalue weighted by atomic mass is 10.1. The molecule has 0 aliphatic rings. The lowest BCUT2D eigenvalue weighted by Crippen LogP contribution is -1.85. The van der Waals surface area contributed by atoms with Crippen molar-refractivity contribution in [2.45, 2.75) is 26.2 Å². The molecule has 0 saturated heterocycles. The van der Waals surface area contributed by atoms with Crippen LogP contribution in [-0.4, -0.2) is 5.11 Å². The van der Waals surface area contributed by atoms with E-state index in [1.165, 1.54) is 0 Å². The van der Waals surface area contributed by atoms with Crippen LogP contribution in [0.2, 0.25) is 0 Å². The van der Waals surface area contributed by atoms with Crippen LogP contribution in [0.5, 0.6) is 5.75 Å². The molecule has 2 heteroatoms. The number of unbranched alkanes of at least 4 members (excludes halogenated alkanes) is 1. The second kappa shape index (κ2) is 4.51. The predicted octanol–water partition coefficient (Wildman–Crippen LogP) is 3.50. The van der Waals surface area contributed by atoms with Gasteiger partial charge in [-0.3, -0.25) is 0 Å². The van der Waals surface area contributed by atoms with Crippen molar-refractivity contribution in [2.24, 2.45) is 0 Å². The van der Waals surface area contributed by atoms with Crippen molar-refractivity contribution in [2.75, 3.05) is 0 Å². The smallest absolute Gasteiger partial charge is 0.132 e. The number of benzene rings is 1. The molecule has 0 fully saturated rings. The van der Waals surface area contributed by atoms with Crippen LogP contribution in [0.3, 0.4) is 0 Å². The first-order chi connectivity index (χ1) is 5.75. The first-order valence-electron chi connectivity index (χ1n) is 4.22. The van der Waals surface area contributed by atoms with Gasteiger partial charge in [0, 0.05) is 0 Å². The zero-order valence-corrected chi connectivity index (χ0v) is 8.76. The van der Waals surface area contributed by atoms with E-state index in [1.807, 2.05) is 18.2 Å². The molecule has 12 heavy (non-hydrogen) atoms. The Morgan fingerprint density at radius 1 is 1.42 bits per heavy atom. The average molecular weight is 229 g/mol. The lowest BCUT2D eigenvalue weighted by Gasteiger charge is -2.04. The highest BCUT2D eigenvalue weighted by Gasteiger charge is 2.02. The molecule has 0 aliphatic carbocycles. The summed E-state index contributed by atoms with van der Waals surface area (Å²) in [6.07, 6.45) is 3.25. The molecule has 1 aromatic carbocycles. The van der Waals surface area contributed by atoms with Crippen molar-refractivity contribution in [1.82, 2.24) is 0 Å². The number of phenols is 1. The molecule has 1 aromatic rings. The number of aryl methyl sites for hydroxylation is 1.